The number of carbonyl (C=O) groups is 2. The first-order valence-corrected chi connectivity index (χ1v) is 7.84. The van der Waals surface area contributed by atoms with Gasteiger partial charge < -0.3 is 15.4 Å². The highest BCUT2D eigenvalue weighted by atomic mass is 35.5. The lowest BCUT2D eigenvalue weighted by atomic mass is 10.2. The minimum absolute atomic E-state index is 0.269. The third-order valence-corrected chi connectivity index (χ3v) is 4.00. The van der Waals surface area contributed by atoms with Crippen molar-refractivity contribution >= 4 is 41.1 Å². The molecule has 0 saturated heterocycles. The number of hydrogen-bond donors (Lipinski definition) is 2. The van der Waals surface area contributed by atoms with E-state index in [4.69, 9.17) is 16.3 Å². The normalized spacial score (nSPS) is 18.3. The fraction of sp³-hybridized carbons (Fsp3) is 0.429. The average molecular weight is 329 g/mol. The van der Waals surface area contributed by atoms with E-state index in [1.165, 1.54) is 11.8 Å². The van der Waals surface area contributed by atoms with Crippen LogP contribution >= 0.6 is 23.4 Å². The highest BCUT2D eigenvalue weighted by molar-refractivity contribution is 7.99. The van der Waals surface area contributed by atoms with Crippen molar-refractivity contribution in [2.75, 3.05) is 11.1 Å². The molecule has 1 heterocycles. The first-order chi connectivity index (χ1) is 9.74. The molecule has 0 radical (unpaired) electrons. The van der Waals surface area contributed by atoms with Gasteiger partial charge in [-0.2, -0.15) is 0 Å². The van der Waals surface area contributed by atoms with E-state index in [2.05, 4.69) is 10.6 Å². The van der Waals surface area contributed by atoms with Crippen LogP contribution in [0.25, 0.3) is 0 Å². The number of hydrogen-bond acceptors (Lipinski definition) is 4. The quantitative estimate of drug-likeness (QED) is 0.830. The standard InChI is InChI=1S/C14H17ClN2O3S/c1-14(2,3)20-13(19)17-10-7-21-11-6-8(15)4-5-9(11)16-12(10)18/h4-6,10H,7H2,1-3H3,(H,16,18)(H,17,19)/t10-/m0/s1. The lowest BCUT2D eigenvalue weighted by molar-refractivity contribution is -0.117. The number of rotatable bonds is 1. The van der Waals surface area contributed by atoms with Gasteiger partial charge in [0.1, 0.15) is 11.6 Å². The van der Waals surface area contributed by atoms with Gasteiger partial charge in [0, 0.05) is 15.7 Å². The van der Waals surface area contributed by atoms with Crippen molar-refractivity contribution in [3.05, 3.63) is 23.2 Å². The summed E-state index contributed by atoms with van der Waals surface area (Å²) in [6.45, 7) is 5.31. The number of anilines is 1. The van der Waals surface area contributed by atoms with E-state index < -0.39 is 17.7 Å². The van der Waals surface area contributed by atoms with Crippen LogP contribution in [0.1, 0.15) is 20.8 Å². The lowest BCUT2D eigenvalue weighted by Gasteiger charge is -2.22. The van der Waals surface area contributed by atoms with Gasteiger partial charge in [0.15, 0.2) is 0 Å². The smallest absolute Gasteiger partial charge is 0.408 e. The summed E-state index contributed by atoms with van der Waals surface area (Å²) in [6, 6.07) is 4.59. The third kappa shape index (κ3) is 4.54. The molecule has 2 N–H and O–H groups in total. The summed E-state index contributed by atoms with van der Waals surface area (Å²) in [5, 5.41) is 5.97. The van der Waals surface area contributed by atoms with Crippen LogP contribution in [-0.2, 0) is 9.53 Å². The van der Waals surface area contributed by atoms with Gasteiger partial charge in [-0.05, 0) is 39.0 Å². The highest BCUT2D eigenvalue weighted by Gasteiger charge is 2.27. The molecule has 1 aromatic rings. The zero-order valence-electron chi connectivity index (χ0n) is 12.0. The van der Waals surface area contributed by atoms with E-state index in [9.17, 15) is 9.59 Å². The van der Waals surface area contributed by atoms with Crippen molar-refractivity contribution in [1.29, 1.82) is 0 Å². The fourth-order valence-electron chi connectivity index (χ4n) is 1.74. The Morgan fingerprint density at radius 1 is 1.48 bits per heavy atom. The molecular weight excluding hydrogens is 312 g/mol. The summed E-state index contributed by atoms with van der Waals surface area (Å²) >= 11 is 7.40. The minimum Gasteiger partial charge on any atom is -0.444 e. The van der Waals surface area contributed by atoms with E-state index in [1.807, 2.05) is 0 Å². The van der Waals surface area contributed by atoms with Gasteiger partial charge in [-0.15, -0.1) is 11.8 Å². The topological polar surface area (TPSA) is 67.4 Å². The van der Waals surface area contributed by atoms with Crippen LogP contribution in [0, 0.1) is 0 Å². The highest BCUT2D eigenvalue weighted by Crippen LogP contribution is 2.33. The van der Waals surface area contributed by atoms with Crippen molar-refractivity contribution in [2.45, 2.75) is 37.3 Å². The van der Waals surface area contributed by atoms with Crippen molar-refractivity contribution in [3.8, 4) is 0 Å². The molecule has 0 bridgehead atoms. The predicted molar refractivity (Wildman–Crippen MR) is 84.0 cm³/mol. The molecule has 21 heavy (non-hydrogen) atoms. The Balaban J connectivity index is 2.05. The molecule has 0 unspecified atom stereocenters. The monoisotopic (exact) mass is 328 g/mol. The third-order valence-electron chi connectivity index (χ3n) is 2.61. The Hall–Kier alpha value is -1.40. The molecule has 7 heteroatoms. The van der Waals surface area contributed by atoms with Crippen molar-refractivity contribution < 1.29 is 14.3 Å². The number of thioether (sulfide) groups is 1. The number of nitrogens with one attached hydrogen (secondary N) is 2. The predicted octanol–water partition coefficient (Wildman–Crippen LogP) is 3.28. The van der Waals surface area contributed by atoms with Gasteiger partial charge >= 0.3 is 6.09 Å². The zero-order chi connectivity index (χ0) is 15.6. The second-order valence-electron chi connectivity index (χ2n) is 5.64. The first kappa shape index (κ1) is 16.0. The Labute approximate surface area is 132 Å². The molecule has 1 atom stereocenters. The summed E-state index contributed by atoms with van der Waals surface area (Å²) < 4.78 is 5.17. The van der Waals surface area contributed by atoms with Crippen LogP contribution < -0.4 is 10.6 Å². The summed E-state index contributed by atoms with van der Waals surface area (Å²) in [5.41, 5.74) is 0.0949. The maximum atomic E-state index is 12.1. The number of alkyl carbamates (subject to hydrolysis) is 1. The maximum absolute atomic E-state index is 12.1. The van der Waals surface area contributed by atoms with Gasteiger partial charge in [0.2, 0.25) is 5.91 Å². The van der Waals surface area contributed by atoms with Gasteiger partial charge in [-0.1, -0.05) is 11.6 Å². The molecule has 2 amide bonds. The van der Waals surface area contributed by atoms with Gasteiger partial charge in [-0.25, -0.2) is 4.79 Å². The molecule has 1 aliphatic rings. The van der Waals surface area contributed by atoms with Crippen molar-refractivity contribution in [1.82, 2.24) is 5.32 Å². The number of carbonyl (C=O) groups excluding carboxylic acids is 2. The van der Waals surface area contributed by atoms with E-state index in [0.29, 0.717) is 16.5 Å². The maximum Gasteiger partial charge on any atom is 0.408 e. The van der Waals surface area contributed by atoms with Crippen LogP contribution in [-0.4, -0.2) is 29.4 Å². The fourth-order valence-corrected chi connectivity index (χ4v) is 3.05. The summed E-state index contributed by atoms with van der Waals surface area (Å²) in [5.74, 6) is 0.146. The van der Waals surface area contributed by atoms with Crippen LogP contribution in [0.15, 0.2) is 23.1 Å². The van der Waals surface area contributed by atoms with Crippen LogP contribution in [0.5, 0.6) is 0 Å². The SMILES string of the molecule is CC(C)(C)OC(=O)N[C@H]1CSc2cc(Cl)ccc2NC1=O. The molecule has 0 spiro atoms. The van der Waals surface area contributed by atoms with Gasteiger partial charge in [-0.3, -0.25) is 4.79 Å². The van der Waals surface area contributed by atoms with E-state index in [1.54, 1.807) is 39.0 Å². The van der Waals surface area contributed by atoms with Crippen molar-refractivity contribution in [3.63, 3.8) is 0 Å². The van der Waals surface area contributed by atoms with Crippen LogP contribution in [0.3, 0.4) is 0 Å². The van der Waals surface area contributed by atoms with Gasteiger partial charge in [0.05, 0.1) is 5.69 Å². The molecule has 114 valence electrons. The second-order valence-corrected chi connectivity index (χ2v) is 7.14. The summed E-state index contributed by atoms with van der Waals surface area (Å²) in [4.78, 5) is 24.8. The zero-order valence-corrected chi connectivity index (χ0v) is 13.6. The average Bonchev–Trinajstić information content (AvgIpc) is 2.48. The van der Waals surface area contributed by atoms with E-state index >= 15 is 0 Å². The van der Waals surface area contributed by atoms with E-state index in [-0.39, 0.29) is 5.91 Å². The Morgan fingerprint density at radius 3 is 2.86 bits per heavy atom. The molecule has 0 fully saturated rings. The molecule has 1 aliphatic heterocycles. The molecule has 0 saturated carbocycles. The number of fused-ring (bicyclic) bond motifs is 1. The van der Waals surface area contributed by atoms with Crippen LogP contribution in [0.4, 0.5) is 10.5 Å². The molecular formula is C14H17ClN2O3S. The summed E-state index contributed by atoms with van der Waals surface area (Å²) in [6.07, 6.45) is -0.604. The van der Waals surface area contributed by atoms with Crippen LogP contribution in [0.2, 0.25) is 5.02 Å². The molecule has 2 rings (SSSR count). The molecule has 0 aromatic heterocycles. The molecule has 0 aliphatic carbocycles. The number of benzene rings is 1. The molecule has 5 nitrogen and oxygen atoms in total. The minimum atomic E-state index is -0.656. The molecule has 1 aromatic carbocycles. The Kier molecular flexibility index (Phi) is 4.68. The second kappa shape index (κ2) is 6.15. The largest absolute Gasteiger partial charge is 0.444 e. The lowest BCUT2D eigenvalue weighted by Crippen LogP contribution is -2.46. The van der Waals surface area contributed by atoms with Gasteiger partial charge in [0.25, 0.3) is 0 Å². The number of halogens is 1. The van der Waals surface area contributed by atoms with E-state index in [0.717, 1.165) is 4.90 Å². The Bertz CT molecular complexity index is 572. The number of ether oxygens (including phenoxy) is 1. The first-order valence-electron chi connectivity index (χ1n) is 6.47. The number of amides is 2. The Morgan fingerprint density at radius 2 is 2.19 bits per heavy atom. The summed E-state index contributed by atoms with van der Waals surface area (Å²) in [7, 11) is 0. The van der Waals surface area contributed by atoms with Crippen molar-refractivity contribution in [2.24, 2.45) is 0 Å².